The van der Waals surface area contributed by atoms with Crippen molar-refractivity contribution in [2.75, 3.05) is 46.9 Å². The number of rotatable bonds is 6. The van der Waals surface area contributed by atoms with Crippen LogP contribution in [0.5, 0.6) is 5.75 Å². The largest absolute Gasteiger partial charge is 0.491 e. The molecule has 29 heavy (non-hydrogen) atoms. The van der Waals surface area contributed by atoms with Gasteiger partial charge in [0.15, 0.2) is 0 Å². The number of fused-ring (bicyclic) bond motifs is 1. The number of nitrogens with one attached hydrogen (secondary N) is 1. The van der Waals surface area contributed by atoms with Gasteiger partial charge in [-0.05, 0) is 39.1 Å². The fourth-order valence-corrected chi connectivity index (χ4v) is 4.07. The van der Waals surface area contributed by atoms with Gasteiger partial charge in [-0.1, -0.05) is 12.1 Å². The quantitative estimate of drug-likeness (QED) is 0.792. The topological polar surface area (TPSA) is 75.5 Å². The molecule has 1 aromatic heterocycles. The normalized spacial score (nSPS) is 19.3. The summed E-state index contributed by atoms with van der Waals surface area (Å²) >= 11 is 0. The first-order chi connectivity index (χ1) is 14.1. The fraction of sp³-hybridized carbons (Fsp3) is 0.571. The molecule has 1 atom stereocenters. The van der Waals surface area contributed by atoms with E-state index in [-0.39, 0.29) is 11.8 Å². The van der Waals surface area contributed by atoms with Crippen molar-refractivity contribution < 1.29 is 9.53 Å². The number of hydrogen-bond acceptors (Lipinski definition) is 6. The second kappa shape index (κ2) is 8.92. The molecule has 1 unspecified atom stereocenters. The van der Waals surface area contributed by atoms with Crippen LogP contribution in [0, 0.1) is 0 Å². The summed E-state index contributed by atoms with van der Waals surface area (Å²) in [6.45, 7) is 5.40. The molecule has 4 rings (SSSR count). The Labute approximate surface area is 171 Å². The standard InChI is InChI=1S/C21H30N6O2/c1-25(2)12-13-29-18-8-4-3-7-17(18)21(28)26-10-5-6-16(15-26)20-24-23-19-14-22-9-11-27(19)20/h3-4,7-8,16,22H,5-6,9-15H2,1-2H3. The lowest BCUT2D eigenvalue weighted by Crippen LogP contribution is -2.40. The number of likely N-dealkylation sites (tertiary alicyclic amines) is 1. The van der Waals surface area contributed by atoms with E-state index in [1.807, 2.05) is 43.3 Å². The Balaban J connectivity index is 1.47. The van der Waals surface area contributed by atoms with Crippen molar-refractivity contribution >= 4 is 5.91 Å². The summed E-state index contributed by atoms with van der Waals surface area (Å²) in [6.07, 6.45) is 2.01. The van der Waals surface area contributed by atoms with Crippen molar-refractivity contribution in [2.45, 2.75) is 31.8 Å². The number of piperidine rings is 1. The van der Waals surface area contributed by atoms with Crippen LogP contribution in [0.25, 0.3) is 0 Å². The maximum atomic E-state index is 13.3. The van der Waals surface area contributed by atoms with Gasteiger partial charge in [0.25, 0.3) is 5.91 Å². The van der Waals surface area contributed by atoms with E-state index in [9.17, 15) is 4.79 Å². The van der Waals surface area contributed by atoms with E-state index in [1.165, 1.54) is 0 Å². The molecule has 1 aromatic carbocycles. The van der Waals surface area contributed by atoms with E-state index in [2.05, 4.69) is 25.0 Å². The Kier molecular flexibility index (Phi) is 6.10. The van der Waals surface area contributed by atoms with Gasteiger partial charge in [0.05, 0.1) is 12.1 Å². The molecule has 1 N–H and O–H groups in total. The summed E-state index contributed by atoms with van der Waals surface area (Å²) in [6, 6.07) is 7.56. The number of amides is 1. The fourth-order valence-electron chi connectivity index (χ4n) is 4.07. The summed E-state index contributed by atoms with van der Waals surface area (Å²) in [4.78, 5) is 17.3. The van der Waals surface area contributed by atoms with Gasteiger partial charge in [0, 0.05) is 38.6 Å². The van der Waals surface area contributed by atoms with Crippen LogP contribution in [0.2, 0.25) is 0 Å². The zero-order valence-corrected chi connectivity index (χ0v) is 17.3. The van der Waals surface area contributed by atoms with Gasteiger partial charge in [-0.2, -0.15) is 0 Å². The highest BCUT2D eigenvalue weighted by Gasteiger charge is 2.31. The highest BCUT2D eigenvalue weighted by Crippen LogP contribution is 2.29. The van der Waals surface area contributed by atoms with Gasteiger partial charge < -0.3 is 24.4 Å². The molecule has 8 nitrogen and oxygen atoms in total. The number of carbonyl (C=O) groups is 1. The first-order valence-electron chi connectivity index (χ1n) is 10.4. The smallest absolute Gasteiger partial charge is 0.257 e. The van der Waals surface area contributed by atoms with Crippen molar-refractivity contribution in [1.82, 2.24) is 29.9 Å². The summed E-state index contributed by atoms with van der Waals surface area (Å²) in [5, 5.41) is 12.1. The minimum absolute atomic E-state index is 0.0372. The monoisotopic (exact) mass is 398 g/mol. The van der Waals surface area contributed by atoms with E-state index >= 15 is 0 Å². The van der Waals surface area contributed by atoms with Gasteiger partial charge in [-0.3, -0.25) is 4.79 Å². The first kappa shape index (κ1) is 19.8. The van der Waals surface area contributed by atoms with Gasteiger partial charge >= 0.3 is 0 Å². The molecule has 8 heteroatoms. The molecule has 2 aliphatic heterocycles. The molecule has 156 valence electrons. The zero-order chi connectivity index (χ0) is 20.2. The van der Waals surface area contributed by atoms with Crippen molar-refractivity contribution in [3.8, 4) is 5.75 Å². The number of likely N-dealkylation sites (N-methyl/N-ethyl adjacent to an activating group) is 1. The van der Waals surface area contributed by atoms with Crippen LogP contribution in [0.1, 0.15) is 40.8 Å². The van der Waals surface area contributed by atoms with Crippen LogP contribution in [0.4, 0.5) is 0 Å². The molecule has 1 amide bonds. The lowest BCUT2D eigenvalue weighted by Gasteiger charge is -2.33. The van der Waals surface area contributed by atoms with Crippen LogP contribution in [-0.2, 0) is 13.1 Å². The average molecular weight is 399 g/mol. The van der Waals surface area contributed by atoms with E-state index in [0.29, 0.717) is 24.5 Å². The summed E-state index contributed by atoms with van der Waals surface area (Å²) in [5.41, 5.74) is 0.638. The van der Waals surface area contributed by atoms with E-state index in [1.54, 1.807) is 0 Å². The third kappa shape index (κ3) is 4.43. The van der Waals surface area contributed by atoms with Crippen LogP contribution in [0.15, 0.2) is 24.3 Å². The molecular formula is C21H30N6O2. The van der Waals surface area contributed by atoms with E-state index in [0.717, 1.165) is 57.2 Å². The van der Waals surface area contributed by atoms with Crippen molar-refractivity contribution in [1.29, 1.82) is 0 Å². The number of ether oxygens (including phenoxy) is 1. The maximum absolute atomic E-state index is 13.3. The van der Waals surface area contributed by atoms with Gasteiger partial charge in [0.1, 0.15) is 24.0 Å². The molecule has 1 fully saturated rings. The molecule has 3 heterocycles. The molecule has 0 aliphatic carbocycles. The summed E-state index contributed by atoms with van der Waals surface area (Å²) in [5.74, 6) is 2.94. The van der Waals surface area contributed by atoms with Crippen molar-refractivity contribution in [3.63, 3.8) is 0 Å². The number of benzene rings is 1. The molecule has 2 aromatic rings. The molecular weight excluding hydrogens is 368 g/mol. The molecule has 0 radical (unpaired) electrons. The number of hydrogen-bond donors (Lipinski definition) is 1. The average Bonchev–Trinajstić information content (AvgIpc) is 3.18. The maximum Gasteiger partial charge on any atom is 0.257 e. The molecule has 2 aliphatic rings. The SMILES string of the molecule is CN(C)CCOc1ccccc1C(=O)N1CCCC(c2nnc3n2CCNC3)C1. The predicted octanol–water partition coefficient (Wildman–Crippen LogP) is 1.34. The molecule has 1 saturated heterocycles. The highest BCUT2D eigenvalue weighted by atomic mass is 16.5. The second-order valence-corrected chi connectivity index (χ2v) is 8.04. The summed E-state index contributed by atoms with van der Waals surface area (Å²) < 4.78 is 8.14. The Hall–Kier alpha value is -2.45. The Morgan fingerprint density at radius 3 is 3.00 bits per heavy atom. The van der Waals surface area contributed by atoms with Crippen LogP contribution >= 0.6 is 0 Å². The number of nitrogens with zero attached hydrogens (tertiary/aromatic N) is 5. The minimum atomic E-state index is 0.0372. The first-order valence-corrected chi connectivity index (χ1v) is 10.4. The third-order valence-corrected chi connectivity index (χ3v) is 5.64. The van der Waals surface area contributed by atoms with Crippen LogP contribution in [0.3, 0.4) is 0 Å². The highest BCUT2D eigenvalue weighted by molar-refractivity contribution is 5.97. The molecule has 0 saturated carbocycles. The lowest BCUT2D eigenvalue weighted by molar-refractivity contribution is 0.0698. The molecule has 0 spiro atoms. The van der Waals surface area contributed by atoms with Crippen LogP contribution < -0.4 is 10.1 Å². The third-order valence-electron chi connectivity index (χ3n) is 5.64. The second-order valence-electron chi connectivity index (χ2n) is 8.04. The summed E-state index contributed by atoms with van der Waals surface area (Å²) in [7, 11) is 4.02. The Morgan fingerprint density at radius 1 is 1.28 bits per heavy atom. The van der Waals surface area contributed by atoms with E-state index in [4.69, 9.17) is 4.74 Å². The van der Waals surface area contributed by atoms with Gasteiger partial charge in [-0.25, -0.2) is 0 Å². The Bertz CT molecular complexity index is 849. The van der Waals surface area contributed by atoms with Gasteiger partial charge in [-0.15, -0.1) is 10.2 Å². The van der Waals surface area contributed by atoms with Crippen molar-refractivity contribution in [2.24, 2.45) is 0 Å². The molecule has 0 bridgehead atoms. The predicted molar refractivity (Wildman–Crippen MR) is 110 cm³/mol. The number of para-hydroxylation sites is 1. The van der Waals surface area contributed by atoms with Crippen LogP contribution in [-0.4, -0.2) is 77.4 Å². The van der Waals surface area contributed by atoms with Gasteiger partial charge in [0.2, 0.25) is 0 Å². The minimum Gasteiger partial charge on any atom is -0.491 e. The number of carbonyl (C=O) groups excluding carboxylic acids is 1. The Morgan fingerprint density at radius 2 is 2.14 bits per heavy atom. The van der Waals surface area contributed by atoms with E-state index < -0.39 is 0 Å². The number of aromatic nitrogens is 3. The van der Waals surface area contributed by atoms with Crippen molar-refractivity contribution in [3.05, 3.63) is 41.5 Å². The zero-order valence-electron chi connectivity index (χ0n) is 17.3. The lowest BCUT2D eigenvalue weighted by atomic mass is 9.96.